The van der Waals surface area contributed by atoms with Gasteiger partial charge in [0.05, 0.1) is 7.11 Å². The summed E-state index contributed by atoms with van der Waals surface area (Å²) in [5, 5.41) is 3.41. The minimum Gasteiger partial charge on any atom is -0.479 e. The molecule has 5 nitrogen and oxygen atoms in total. The van der Waals surface area contributed by atoms with Crippen LogP contribution in [-0.4, -0.2) is 36.2 Å². The summed E-state index contributed by atoms with van der Waals surface area (Å²) in [6, 6.07) is 0.561. The van der Waals surface area contributed by atoms with Crippen molar-refractivity contribution in [1.29, 1.82) is 0 Å². The minimum absolute atomic E-state index is 0.561. The maximum absolute atomic E-state index is 5.27. The second-order valence-corrected chi connectivity index (χ2v) is 4.94. The molecule has 92 valence electrons. The molecule has 0 aromatic carbocycles. The standard InChI is InChI=1S/C12H18N4O/c1-8-3-4-16-9(5-8)6-13-10-11(16)14-7-15-12(10)17-2/h7-9,13H,3-6H2,1-2H3. The number of nitrogens with zero attached hydrogens (tertiary/aromatic N) is 3. The molecule has 17 heavy (non-hydrogen) atoms. The van der Waals surface area contributed by atoms with Gasteiger partial charge in [0.2, 0.25) is 5.88 Å². The third kappa shape index (κ3) is 1.69. The summed E-state index contributed by atoms with van der Waals surface area (Å²) in [6.45, 7) is 4.37. The molecule has 5 heteroatoms. The summed E-state index contributed by atoms with van der Waals surface area (Å²) in [7, 11) is 1.65. The first kappa shape index (κ1) is 10.6. The molecule has 0 saturated carbocycles. The Morgan fingerprint density at radius 3 is 3.18 bits per heavy atom. The van der Waals surface area contributed by atoms with Crippen molar-refractivity contribution in [2.45, 2.75) is 25.8 Å². The predicted molar refractivity (Wildman–Crippen MR) is 66.6 cm³/mol. The third-order valence-electron chi connectivity index (χ3n) is 3.75. The number of piperidine rings is 1. The van der Waals surface area contributed by atoms with Crippen molar-refractivity contribution in [3.63, 3.8) is 0 Å². The Morgan fingerprint density at radius 2 is 2.35 bits per heavy atom. The Labute approximate surface area is 101 Å². The topological polar surface area (TPSA) is 50.3 Å². The molecule has 2 unspecified atom stereocenters. The number of anilines is 2. The van der Waals surface area contributed by atoms with Gasteiger partial charge in [-0.15, -0.1) is 0 Å². The second kappa shape index (κ2) is 4.05. The van der Waals surface area contributed by atoms with E-state index in [1.54, 1.807) is 13.4 Å². The molecule has 0 bridgehead atoms. The van der Waals surface area contributed by atoms with Gasteiger partial charge in [-0.1, -0.05) is 6.92 Å². The Hall–Kier alpha value is -1.52. The van der Waals surface area contributed by atoms with E-state index in [1.165, 1.54) is 12.8 Å². The van der Waals surface area contributed by atoms with Gasteiger partial charge in [-0.2, -0.15) is 4.98 Å². The van der Waals surface area contributed by atoms with Crippen molar-refractivity contribution in [1.82, 2.24) is 9.97 Å². The SMILES string of the molecule is COc1ncnc2c1NCC1CC(C)CCN21. The van der Waals surface area contributed by atoms with E-state index >= 15 is 0 Å². The highest BCUT2D eigenvalue weighted by Crippen LogP contribution is 2.38. The lowest BCUT2D eigenvalue weighted by molar-refractivity contribution is 0.360. The van der Waals surface area contributed by atoms with Gasteiger partial charge in [0, 0.05) is 19.1 Å². The lowest BCUT2D eigenvalue weighted by Gasteiger charge is -2.43. The van der Waals surface area contributed by atoms with Crippen LogP contribution in [0.3, 0.4) is 0 Å². The summed E-state index contributed by atoms with van der Waals surface area (Å²) in [4.78, 5) is 10.9. The summed E-state index contributed by atoms with van der Waals surface area (Å²) in [6.07, 6.45) is 4.06. The average molecular weight is 234 g/mol. The van der Waals surface area contributed by atoms with Gasteiger partial charge in [0.15, 0.2) is 5.82 Å². The van der Waals surface area contributed by atoms with Crippen molar-refractivity contribution >= 4 is 11.5 Å². The highest BCUT2D eigenvalue weighted by molar-refractivity contribution is 5.73. The van der Waals surface area contributed by atoms with Crippen LogP contribution in [0.15, 0.2) is 6.33 Å². The molecule has 3 heterocycles. The number of aromatic nitrogens is 2. The third-order valence-corrected chi connectivity index (χ3v) is 3.75. The van der Waals surface area contributed by atoms with Gasteiger partial charge in [0.25, 0.3) is 0 Å². The summed E-state index contributed by atoms with van der Waals surface area (Å²) in [5.41, 5.74) is 0.945. The fraction of sp³-hybridized carbons (Fsp3) is 0.667. The Kier molecular flexibility index (Phi) is 2.53. The molecule has 0 spiro atoms. The van der Waals surface area contributed by atoms with E-state index in [4.69, 9.17) is 4.74 Å². The van der Waals surface area contributed by atoms with Crippen molar-refractivity contribution in [2.75, 3.05) is 30.4 Å². The van der Waals surface area contributed by atoms with Gasteiger partial charge in [-0.05, 0) is 18.8 Å². The molecule has 0 aliphatic carbocycles. The molecule has 1 fully saturated rings. The summed E-state index contributed by atoms with van der Waals surface area (Å²) < 4.78 is 5.27. The van der Waals surface area contributed by atoms with E-state index in [0.717, 1.165) is 30.5 Å². The number of fused-ring (bicyclic) bond motifs is 3. The maximum atomic E-state index is 5.27. The van der Waals surface area contributed by atoms with Crippen LogP contribution in [0.25, 0.3) is 0 Å². The van der Waals surface area contributed by atoms with E-state index in [1.807, 2.05) is 0 Å². The summed E-state index contributed by atoms with van der Waals surface area (Å²) in [5.74, 6) is 2.45. The van der Waals surface area contributed by atoms with Crippen molar-refractivity contribution in [3.8, 4) is 5.88 Å². The van der Waals surface area contributed by atoms with Crippen molar-refractivity contribution in [3.05, 3.63) is 6.33 Å². The summed E-state index contributed by atoms with van der Waals surface area (Å²) >= 11 is 0. The fourth-order valence-electron chi connectivity index (χ4n) is 2.83. The van der Waals surface area contributed by atoms with Gasteiger partial charge < -0.3 is 15.0 Å². The highest BCUT2D eigenvalue weighted by atomic mass is 16.5. The molecule has 1 saturated heterocycles. The fourth-order valence-corrected chi connectivity index (χ4v) is 2.83. The number of ether oxygens (including phenoxy) is 1. The zero-order chi connectivity index (χ0) is 11.8. The maximum Gasteiger partial charge on any atom is 0.242 e. The zero-order valence-corrected chi connectivity index (χ0v) is 10.3. The lowest BCUT2D eigenvalue weighted by atomic mass is 9.91. The first-order valence-electron chi connectivity index (χ1n) is 6.19. The van der Waals surface area contributed by atoms with Crippen molar-refractivity contribution in [2.24, 2.45) is 5.92 Å². The van der Waals surface area contributed by atoms with E-state index < -0.39 is 0 Å². The van der Waals surface area contributed by atoms with E-state index in [9.17, 15) is 0 Å². The molecule has 1 aromatic heterocycles. The molecular weight excluding hydrogens is 216 g/mol. The molecule has 0 radical (unpaired) electrons. The average Bonchev–Trinajstić information content (AvgIpc) is 2.37. The van der Waals surface area contributed by atoms with E-state index in [0.29, 0.717) is 11.9 Å². The number of hydrogen-bond donors (Lipinski definition) is 1. The van der Waals surface area contributed by atoms with Gasteiger partial charge in [0.1, 0.15) is 12.0 Å². The Balaban J connectivity index is 1.97. The van der Waals surface area contributed by atoms with Crippen LogP contribution in [0.2, 0.25) is 0 Å². The number of methoxy groups -OCH3 is 1. The van der Waals surface area contributed by atoms with Crippen molar-refractivity contribution < 1.29 is 4.74 Å². The highest BCUT2D eigenvalue weighted by Gasteiger charge is 2.33. The van der Waals surface area contributed by atoms with Crippen LogP contribution in [0.5, 0.6) is 5.88 Å². The quantitative estimate of drug-likeness (QED) is 0.798. The smallest absolute Gasteiger partial charge is 0.242 e. The normalized spacial score (nSPS) is 26.8. The number of hydrogen-bond acceptors (Lipinski definition) is 5. The molecule has 1 aromatic rings. The monoisotopic (exact) mass is 234 g/mol. The van der Waals surface area contributed by atoms with Crippen LogP contribution in [0.4, 0.5) is 11.5 Å². The Morgan fingerprint density at radius 1 is 1.47 bits per heavy atom. The molecule has 1 N–H and O–H groups in total. The largest absolute Gasteiger partial charge is 0.479 e. The van der Waals surface area contributed by atoms with E-state index in [-0.39, 0.29) is 0 Å². The number of nitrogens with one attached hydrogen (secondary N) is 1. The Bertz CT molecular complexity index is 423. The van der Waals surface area contributed by atoms with E-state index in [2.05, 4.69) is 27.1 Å². The lowest BCUT2D eigenvalue weighted by Crippen LogP contribution is -2.49. The first-order chi connectivity index (χ1) is 8.29. The molecule has 3 rings (SSSR count). The molecule has 2 atom stereocenters. The minimum atomic E-state index is 0.561. The van der Waals surface area contributed by atoms with Gasteiger partial charge in [-0.25, -0.2) is 4.98 Å². The van der Waals surface area contributed by atoms with Crippen LogP contribution in [0.1, 0.15) is 19.8 Å². The van der Waals surface area contributed by atoms with Crippen LogP contribution in [-0.2, 0) is 0 Å². The molecule has 2 aliphatic heterocycles. The van der Waals surface area contributed by atoms with Crippen LogP contribution >= 0.6 is 0 Å². The second-order valence-electron chi connectivity index (χ2n) is 4.94. The van der Waals surface area contributed by atoms with Gasteiger partial charge in [-0.3, -0.25) is 0 Å². The molecule has 2 aliphatic rings. The zero-order valence-electron chi connectivity index (χ0n) is 10.3. The molecule has 0 amide bonds. The number of rotatable bonds is 1. The predicted octanol–water partition coefficient (Wildman–Crippen LogP) is 1.52. The molecular formula is C12H18N4O. The van der Waals surface area contributed by atoms with Crippen LogP contribution < -0.4 is 15.0 Å². The first-order valence-corrected chi connectivity index (χ1v) is 6.19. The van der Waals surface area contributed by atoms with Crippen LogP contribution in [0, 0.1) is 5.92 Å². The van der Waals surface area contributed by atoms with Gasteiger partial charge >= 0.3 is 0 Å².